The molecule has 1 amide bonds. The van der Waals surface area contributed by atoms with E-state index in [0.717, 1.165) is 0 Å². The molecule has 0 aliphatic carbocycles. The van der Waals surface area contributed by atoms with Crippen molar-refractivity contribution >= 4 is 38.1 Å². The lowest BCUT2D eigenvalue weighted by Gasteiger charge is -2.12. The van der Waals surface area contributed by atoms with Crippen LogP contribution >= 0.6 is 11.3 Å². The van der Waals surface area contributed by atoms with Gasteiger partial charge in [0.25, 0.3) is 15.9 Å². The van der Waals surface area contributed by atoms with Crippen molar-refractivity contribution in [2.24, 2.45) is 0 Å². The minimum Gasteiger partial charge on any atom is -0.495 e. The molecule has 7 nitrogen and oxygen atoms in total. The van der Waals surface area contributed by atoms with Gasteiger partial charge in [0, 0.05) is 16.5 Å². The predicted octanol–water partition coefficient (Wildman–Crippen LogP) is 5.01. The minimum atomic E-state index is -3.88. The second-order valence-electron chi connectivity index (χ2n) is 6.83. The third-order valence-electron chi connectivity index (χ3n) is 4.62. The molecular weight excluding hydrogens is 465 g/mol. The van der Waals surface area contributed by atoms with Gasteiger partial charge in [-0.1, -0.05) is 24.3 Å². The Bertz CT molecular complexity index is 1400. The quantitative estimate of drug-likeness (QED) is 0.385. The molecule has 0 saturated carbocycles. The molecule has 1 heterocycles. The van der Waals surface area contributed by atoms with Crippen LogP contribution in [-0.4, -0.2) is 26.4 Å². The first kappa shape index (κ1) is 22.4. The molecule has 0 aliphatic heterocycles. The van der Waals surface area contributed by atoms with Gasteiger partial charge in [0.15, 0.2) is 5.13 Å². The normalized spacial score (nSPS) is 11.1. The van der Waals surface area contributed by atoms with Gasteiger partial charge in [-0.15, -0.1) is 11.3 Å². The molecule has 0 spiro atoms. The van der Waals surface area contributed by atoms with Crippen molar-refractivity contribution in [1.29, 1.82) is 0 Å². The Labute approximate surface area is 193 Å². The topological polar surface area (TPSA) is 97.4 Å². The van der Waals surface area contributed by atoms with Gasteiger partial charge in [-0.05, 0) is 48.5 Å². The molecule has 2 N–H and O–H groups in total. The first-order valence-corrected chi connectivity index (χ1v) is 12.0. The number of ether oxygens (including phenoxy) is 1. The lowest BCUT2D eigenvalue weighted by atomic mass is 10.2. The molecule has 0 saturated heterocycles. The van der Waals surface area contributed by atoms with Gasteiger partial charge in [0.1, 0.15) is 11.6 Å². The molecule has 10 heteroatoms. The molecule has 0 bridgehead atoms. The summed E-state index contributed by atoms with van der Waals surface area (Å²) in [4.78, 5) is 16.9. The second-order valence-corrected chi connectivity index (χ2v) is 9.37. The molecule has 3 aromatic carbocycles. The highest BCUT2D eigenvalue weighted by Gasteiger charge is 2.18. The van der Waals surface area contributed by atoms with Crippen molar-refractivity contribution < 1.29 is 22.3 Å². The fraction of sp³-hybridized carbons (Fsp3) is 0.0435. The molecule has 0 aliphatic rings. The van der Waals surface area contributed by atoms with Crippen LogP contribution in [-0.2, 0) is 10.0 Å². The Balaban J connectivity index is 1.46. The van der Waals surface area contributed by atoms with Gasteiger partial charge >= 0.3 is 0 Å². The van der Waals surface area contributed by atoms with E-state index < -0.39 is 15.9 Å². The molecule has 0 radical (unpaired) electrons. The number of benzene rings is 3. The highest BCUT2D eigenvalue weighted by Crippen LogP contribution is 2.27. The van der Waals surface area contributed by atoms with Crippen molar-refractivity contribution in [3.8, 4) is 17.0 Å². The van der Waals surface area contributed by atoms with Crippen LogP contribution in [0.4, 0.5) is 15.2 Å². The molecule has 0 unspecified atom stereocenters. The molecule has 4 aromatic rings. The number of hydrogen-bond acceptors (Lipinski definition) is 6. The number of methoxy groups -OCH3 is 1. The van der Waals surface area contributed by atoms with Crippen molar-refractivity contribution in [2.45, 2.75) is 4.90 Å². The Morgan fingerprint density at radius 1 is 1.03 bits per heavy atom. The van der Waals surface area contributed by atoms with Crippen LogP contribution in [0.2, 0.25) is 0 Å². The van der Waals surface area contributed by atoms with E-state index in [0.29, 0.717) is 27.8 Å². The van der Waals surface area contributed by atoms with Gasteiger partial charge in [-0.3, -0.25) is 14.8 Å². The van der Waals surface area contributed by atoms with Crippen LogP contribution in [0, 0.1) is 5.82 Å². The maximum Gasteiger partial charge on any atom is 0.262 e. The molecule has 4 rings (SSSR count). The van der Waals surface area contributed by atoms with Crippen LogP contribution in [0.3, 0.4) is 0 Å². The van der Waals surface area contributed by atoms with Crippen molar-refractivity contribution in [2.75, 3.05) is 17.1 Å². The Hall–Kier alpha value is -3.76. The van der Waals surface area contributed by atoms with E-state index in [1.54, 1.807) is 41.8 Å². The summed E-state index contributed by atoms with van der Waals surface area (Å²) in [6, 6.07) is 18.2. The number of nitrogens with one attached hydrogen (secondary N) is 2. The zero-order chi connectivity index (χ0) is 23.4. The SMILES string of the molecule is COc1ccccc1NS(=O)(=O)c1ccc(C(=O)Nc2nc(-c3cccc(F)c3)cs2)cc1. The van der Waals surface area contributed by atoms with E-state index in [2.05, 4.69) is 15.0 Å². The number of hydrogen-bond donors (Lipinski definition) is 2. The van der Waals surface area contributed by atoms with Gasteiger partial charge in [0.2, 0.25) is 0 Å². The van der Waals surface area contributed by atoms with E-state index in [4.69, 9.17) is 4.74 Å². The van der Waals surface area contributed by atoms with E-state index in [9.17, 15) is 17.6 Å². The van der Waals surface area contributed by atoms with Crippen LogP contribution < -0.4 is 14.8 Å². The van der Waals surface area contributed by atoms with Gasteiger partial charge in [-0.2, -0.15) is 0 Å². The molecule has 0 atom stereocenters. The largest absolute Gasteiger partial charge is 0.495 e. The summed E-state index contributed by atoms with van der Waals surface area (Å²) in [5, 5.41) is 4.72. The van der Waals surface area contributed by atoms with Crippen molar-refractivity contribution in [3.05, 3.63) is 89.6 Å². The number of carbonyl (C=O) groups excluding carboxylic acids is 1. The monoisotopic (exact) mass is 483 g/mol. The highest BCUT2D eigenvalue weighted by molar-refractivity contribution is 7.92. The minimum absolute atomic E-state index is 0.00686. The van der Waals surface area contributed by atoms with Gasteiger partial charge in [0.05, 0.1) is 23.4 Å². The number of aromatic nitrogens is 1. The third kappa shape index (κ3) is 5.18. The maximum atomic E-state index is 13.4. The van der Waals surface area contributed by atoms with E-state index in [1.807, 2.05) is 0 Å². The van der Waals surface area contributed by atoms with Crippen molar-refractivity contribution in [1.82, 2.24) is 4.98 Å². The maximum absolute atomic E-state index is 13.4. The number of anilines is 2. The highest BCUT2D eigenvalue weighted by atomic mass is 32.2. The number of thiazole rings is 1. The molecule has 33 heavy (non-hydrogen) atoms. The Kier molecular flexibility index (Phi) is 6.38. The summed E-state index contributed by atoms with van der Waals surface area (Å²) < 4.78 is 46.5. The third-order valence-corrected chi connectivity index (χ3v) is 6.76. The molecular formula is C23H18FN3O4S2. The number of nitrogens with zero attached hydrogens (tertiary/aromatic N) is 1. The fourth-order valence-corrected chi connectivity index (χ4v) is 4.78. The lowest BCUT2D eigenvalue weighted by molar-refractivity contribution is 0.102. The average Bonchev–Trinajstić information content (AvgIpc) is 3.28. The summed E-state index contributed by atoms with van der Waals surface area (Å²) in [7, 11) is -2.43. The first-order chi connectivity index (χ1) is 15.9. The second kappa shape index (κ2) is 9.39. The van der Waals surface area contributed by atoms with E-state index in [-0.39, 0.29) is 16.3 Å². The number of amides is 1. The van der Waals surface area contributed by atoms with Gasteiger partial charge < -0.3 is 4.74 Å². The molecule has 0 fully saturated rings. The molecule has 1 aromatic heterocycles. The zero-order valence-electron chi connectivity index (χ0n) is 17.3. The molecule has 168 valence electrons. The summed E-state index contributed by atoms with van der Waals surface area (Å²) in [5.41, 5.74) is 1.70. The smallest absolute Gasteiger partial charge is 0.262 e. The first-order valence-electron chi connectivity index (χ1n) is 9.64. The zero-order valence-corrected chi connectivity index (χ0v) is 18.9. The van der Waals surface area contributed by atoms with Crippen LogP contribution in [0.25, 0.3) is 11.3 Å². The predicted molar refractivity (Wildman–Crippen MR) is 126 cm³/mol. The van der Waals surface area contributed by atoms with Crippen LogP contribution in [0.1, 0.15) is 10.4 Å². The van der Waals surface area contributed by atoms with Crippen LogP contribution in [0.15, 0.2) is 83.1 Å². The fourth-order valence-electron chi connectivity index (χ4n) is 3.00. The standard InChI is InChI=1S/C23H18FN3O4S2/c1-31-21-8-3-2-7-19(21)27-33(29,30)18-11-9-15(10-12-18)22(28)26-23-25-20(14-32-23)16-5-4-6-17(24)13-16/h2-14,27H,1H3,(H,25,26,28). The van der Waals surface area contributed by atoms with Gasteiger partial charge in [-0.25, -0.2) is 17.8 Å². The summed E-state index contributed by atoms with van der Waals surface area (Å²) in [6.45, 7) is 0. The average molecular weight is 484 g/mol. The summed E-state index contributed by atoms with van der Waals surface area (Å²) in [6.07, 6.45) is 0. The lowest BCUT2D eigenvalue weighted by Crippen LogP contribution is -2.15. The number of halogens is 1. The summed E-state index contributed by atoms with van der Waals surface area (Å²) in [5.74, 6) is -0.434. The van der Waals surface area contributed by atoms with Crippen LogP contribution in [0.5, 0.6) is 5.75 Å². The number of rotatable bonds is 7. The van der Waals surface area contributed by atoms with E-state index in [1.165, 1.54) is 54.8 Å². The Morgan fingerprint density at radius 3 is 2.52 bits per heavy atom. The van der Waals surface area contributed by atoms with Crippen molar-refractivity contribution in [3.63, 3.8) is 0 Å². The summed E-state index contributed by atoms with van der Waals surface area (Å²) >= 11 is 1.20. The number of sulfonamides is 1. The number of para-hydroxylation sites is 2. The Morgan fingerprint density at radius 2 is 1.79 bits per heavy atom. The van der Waals surface area contributed by atoms with E-state index >= 15 is 0 Å². The number of carbonyl (C=O) groups is 1.